The third-order valence-corrected chi connectivity index (χ3v) is 6.02. The van der Waals surface area contributed by atoms with Gasteiger partial charge in [0.15, 0.2) is 0 Å². The number of rotatable bonds is 9. The Morgan fingerprint density at radius 2 is 1.27 bits per heavy atom. The van der Waals surface area contributed by atoms with Crippen LogP contribution in [0.1, 0.15) is 96.8 Å². The Hall–Kier alpha value is -0.470. The zero-order chi connectivity index (χ0) is 20.0. The Morgan fingerprint density at radius 3 is 1.77 bits per heavy atom. The average molecular weight is 385 g/mol. The topological polar surface area (TPSA) is 60.7 Å². The fourth-order valence-electron chi connectivity index (χ4n) is 3.34. The van der Waals surface area contributed by atoms with Crippen molar-refractivity contribution in [2.75, 3.05) is 6.16 Å². The summed E-state index contributed by atoms with van der Waals surface area (Å²) in [5, 5.41) is 0. The van der Waals surface area contributed by atoms with E-state index in [9.17, 15) is 0 Å². The number of hydrogen-bond acceptors (Lipinski definition) is 3. The second-order valence-electron chi connectivity index (χ2n) is 9.77. The molecule has 0 spiro atoms. The molecule has 1 rings (SSSR count). The third-order valence-electron chi connectivity index (χ3n) is 4.99. The number of hydrogen-bond donors (Lipinski definition) is 3. The van der Waals surface area contributed by atoms with Crippen LogP contribution in [0, 0.1) is 0 Å². The van der Waals surface area contributed by atoms with Gasteiger partial charge in [0, 0.05) is 0 Å². The number of aryl methyl sites for hydroxylation is 1. The van der Waals surface area contributed by atoms with Crippen LogP contribution in [-0.2, 0) is 17.3 Å². The van der Waals surface area contributed by atoms with Gasteiger partial charge in [0.05, 0.1) is 0 Å². The molecule has 3 N–H and O–H groups in total. The molecular formula is C22H41O3P. The van der Waals surface area contributed by atoms with E-state index in [0.717, 1.165) is 19.3 Å². The summed E-state index contributed by atoms with van der Waals surface area (Å²) in [6.45, 7) is 13.7. The molecule has 3 nitrogen and oxygen atoms in total. The SMILES string of the molecule is CC(C)(C)c1ccc(CCCCCCCC[PH](O)(O)O)c(C(C)(C)C)c1. The molecule has 0 fully saturated rings. The van der Waals surface area contributed by atoms with Crippen molar-refractivity contribution in [2.24, 2.45) is 0 Å². The normalized spacial score (nSPS) is 13.9. The van der Waals surface area contributed by atoms with Crippen molar-refractivity contribution >= 4 is 7.94 Å². The monoisotopic (exact) mass is 384 g/mol. The second kappa shape index (κ2) is 9.64. The van der Waals surface area contributed by atoms with Crippen molar-refractivity contribution in [2.45, 2.75) is 97.3 Å². The fourth-order valence-corrected chi connectivity index (χ4v) is 4.07. The zero-order valence-electron chi connectivity index (χ0n) is 17.7. The molecule has 0 amide bonds. The van der Waals surface area contributed by atoms with E-state index in [2.05, 4.69) is 59.7 Å². The van der Waals surface area contributed by atoms with Gasteiger partial charge in [0.25, 0.3) is 0 Å². The summed E-state index contributed by atoms with van der Waals surface area (Å²) >= 11 is 0. The zero-order valence-corrected chi connectivity index (χ0v) is 18.7. The molecule has 0 aliphatic heterocycles. The van der Waals surface area contributed by atoms with Crippen molar-refractivity contribution in [3.05, 3.63) is 34.9 Å². The van der Waals surface area contributed by atoms with Crippen molar-refractivity contribution in [1.29, 1.82) is 0 Å². The van der Waals surface area contributed by atoms with Crippen LogP contribution in [0.2, 0.25) is 0 Å². The van der Waals surface area contributed by atoms with Gasteiger partial charge in [0.1, 0.15) is 0 Å². The Kier molecular flexibility index (Phi) is 8.74. The summed E-state index contributed by atoms with van der Waals surface area (Å²) in [6.07, 6.45) is 7.61. The molecule has 0 saturated carbocycles. The summed E-state index contributed by atoms with van der Waals surface area (Å²) in [7, 11) is -3.82. The Balaban J connectivity index is 2.50. The van der Waals surface area contributed by atoms with Crippen molar-refractivity contribution in [3.63, 3.8) is 0 Å². The van der Waals surface area contributed by atoms with E-state index >= 15 is 0 Å². The minimum atomic E-state index is -3.82. The predicted octanol–water partition coefficient (Wildman–Crippen LogP) is 5.64. The van der Waals surface area contributed by atoms with Gasteiger partial charge in [0.2, 0.25) is 0 Å². The van der Waals surface area contributed by atoms with Crippen molar-refractivity contribution in [1.82, 2.24) is 0 Å². The number of benzene rings is 1. The van der Waals surface area contributed by atoms with Gasteiger partial charge in [-0.1, -0.05) is 20.8 Å². The van der Waals surface area contributed by atoms with Gasteiger partial charge in [-0.15, -0.1) is 0 Å². The van der Waals surface area contributed by atoms with Gasteiger partial charge in [-0.3, -0.25) is 0 Å². The minimum absolute atomic E-state index is 0.159. The third kappa shape index (κ3) is 8.95. The molecule has 0 atom stereocenters. The van der Waals surface area contributed by atoms with E-state index in [1.807, 2.05) is 0 Å². The molecule has 0 heterocycles. The molecule has 0 bridgehead atoms. The van der Waals surface area contributed by atoms with Gasteiger partial charge < -0.3 is 0 Å². The van der Waals surface area contributed by atoms with E-state index < -0.39 is 7.94 Å². The Labute approximate surface area is 161 Å². The predicted molar refractivity (Wildman–Crippen MR) is 115 cm³/mol. The quantitative estimate of drug-likeness (QED) is 0.381. The van der Waals surface area contributed by atoms with Crippen LogP contribution in [-0.4, -0.2) is 20.8 Å². The Morgan fingerprint density at radius 1 is 0.731 bits per heavy atom. The molecule has 0 unspecified atom stereocenters. The number of unbranched alkanes of at least 4 members (excludes halogenated alkanes) is 5. The second-order valence-corrected chi connectivity index (χ2v) is 11.8. The van der Waals surface area contributed by atoms with Crippen LogP contribution < -0.4 is 0 Å². The molecule has 1 aromatic rings. The van der Waals surface area contributed by atoms with E-state index in [1.165, 1.54) is 36.0 Å². The van der Waals surface area contributed by atoms with Crippen LogP contribution >= 0.6 is 7.94 Å². The molecule has 0 saturated heterocycles. The molecule has 1 aromatic carbocycles. The van der Waals surface area contributed by atoms with E-state index in [4.69, 9.17) is 14.7 Å². The van der Waals surface area contributed by atoms with Crippen LogP contribution in [0.25, 0.3) is 0 Å². The van der Waals surface area contributed by atoms with E-state index in [-0.39, 0.29) is 17.0 Å². The molecule has 26 heavy (non-hydrogen) atoms. The van der Waals surface area contributed by atoms with Crippen molar-refractivity contribution < 1.29 is 14.7 Å². The van der Waals surface area contributed by atoms with Gasteiger partial charge in [-0.05, 0) is 5.41 Å². The fraction of sp³-hybridized carbons (Fsp3) is 0.727. The molecular weight excluding hydrogens is 343 g/mol. The molecule has 0 aliphatic carbocycles. The maximum atomic E-state index is 9.00. The molecule has 4 heteroatoms. The maximum absolute atomic E-state index is 9.00. The van der Waals surface area contributed by atoms with Crippen LogP contribution in [0.4, 0.5) is 0 Å². The molecule has 0 aliphatic rings. The summed E-state index contributed by atoms with van der Waals surface area (Å²) in [5.41, 5.74) is 4.69. The van der Waals surface area contributed by atoms with Gasteiger partial charge >= 0.3 is 135 Å². The van der Waals surface area contributed by atoms with Gasteiger partial charge in [-0.2, -0.15) is 0 Å². The Bertz CT molecular complexity index is 548. The van der Waals surface area contributed by atoms with Crippen molar-refractivity contribution in [3.8, 4) is 0 Å². The van der Waals surface area contributed by atoms with Crippen LogP contribution in [0.5, 0.6) is 0 Å². The molecule has 0 radical (unpaired) electrons. The first-order valence-corrected chi connectivity index (χ1v) is 12.2. The standard InChI is InChI=1S/C22H41O3P/c1-21(2,3)19-15-14-18(20(17-19)22(4,5)6)13-11-9-7-8-10-12-16-26(23,24)25/h14-15,17,23-26H,7-13,16H2,1-6H3. The summed E-state index contributed by atoms with van der Waals surface area (Å²) in [4.78, 5) is 27.0. The van der Waals surface area contributed by atoms with Gasteiger partial charge in [-0.25, -0.2) is 0 Å². The van der Waals surface area contributed by atoms with E-state index in [1.54, 1.807) is 0 Å². The first kappa shape index (κ1) is 23.6. The average Bonchev–Trinajstić information content (AvgIpc) is 2.46. The van der Waals surface area contributed by atoms with E-state index in [0.29, 0.717) is 6.42 Å². The first-order chi connectivity index (χ1) is 11.8. The van der Waals surface area contributed by atoms with Crippen LogP contribution in [0.15, 0.2) is 18.2 Å². The first-order valence-electron chi connectivity index (χ1n) is 10.1. The summed E-state index contributed by atoms with van der Waals surface area (Å²) < 4.78 is 0. The molecule has 0 aromatic heterocycles. The summed E-state index contributed by atoms with van der Waals surface area (Å²) in [6, 6.07) is 7.03. The summed E-state index contributed by atoms with van der Waals surface area (Å²) in [5.74, 6) is 0. The molecule has 152 valence electrons. The van der Waals surface area contributed by atoms with Crippen LogP contribution in [0.3, 0.4) is 0 Å².